The van der Waals surface area contributed by atoms with Crippen molar-refractivity contribution in [2.45, 2.75) is 13.8 Å². The number of hydrogen-bond acceptors (Lipinski definition) is 4. The molecule has 0 radical (unpaired) electrons. The van der Waals surface area contributed by atoms with Gasteiger partial charge in [-0.2, -0.15) is 4.31 Å². The van der Waals surface area contributed by atoms with Crippen LogP contribution >= 0.6 is 0 Å². The quantitative estimate of drug-likeness (QED) is 0.811. The van der Waals surface area contributed by atoms with Gasteiger partial charge in [-0.3, -0.25) is 4.79 Å². The first kappa shape index (κ1) is 15.8. The number of nitrogens with two attached hydrogens (primary N) is 1. The average Bonchev–Trinajstić information content (AvgIpc) is 2.41. The second-order valence-corrected chi connectivity index (χ2v) is 7.46. The van der Waals surface area contributed by atoms with Gasteiger partial charge >= 0.3 is 0 Å². The molecule has 1 heterocycles. The van der Waals surface area contributed by atoms with Crippen molar-refractivity contribution in [1.82, 2.24) is 9.21 Å². The zero-order chi connectivity index (χ0) is 15.8. The van der Waals surface area contributed by atoms with Gasteiger partial charge in [0.25, 0.3) is 5.91 Å². The van der Waals surface area contributed by atoms with Crippen molar-refractivity contribution in [2.24, 2.45) is 0 Å². The van der Waals surface area contributed by atoms with E-state index in [2.05, 4.69) is 0 Å². The normalized spacial score (nSPS) is 17.0. The summed E-state index contributed by atoms with van der Waals surface area (Å²) >= 11 is 0. The maximum atomic E-state index is 12.5. The lowest BCUT2D eigenvalue weighted by Gasteiger charge is -2.33. The fraction of sp³-hybridized carbons (Fsp3) is 0.500. The number of benzene rings is 1. The van der Waals surface area contributed by atoms with Gasteiger partial charge in [0.15, 0.2) is 0 Å². The van der Waals surface area contributed by atoms with Crippen molar-refractivity contribution < 1.29 is 13.2 Å². The molecule has 1 aromatic carbocycles. The van der Waals surface area contributed by atoms with Crippen LogP contribution in [0.3, 0.4) is 0 Å². The maximum Gasteiger partial charge on any atom is 0.254 e. The standard InChI is InChI=1S/C14H21N3O3S/c1-10-8-11(2)13(15)9-12(10)14(18)16-4-6-17(7-5-16)21(3,19)20/h8-9H,4-7,15H2,1-3H3. The highest BCUT2D eigenvalue weighted by Gasteiger charge is 2.27. The summed E-state index contributed by atoms with van der Waals surface area (Å²) in [6, 6.07) is 3.60. The number of carbonyl (C=O) groups excluding carboxylic acids is 1. The number of rotatable bonds is 2. The van der Waals surface area contributed by atoms with Crippen molar-refractivity contribution in [1.29, 1.82) is 0 Å². The molecule has 1 aliphatic rings. The number of nitrogen functional groups attached to an aromatic ring is 1. The van der Waals surface area contributed by atoms with Crippen molar-refractivity contribution >= 4 is 21.6 Å². The first-order chi connectivity index (χ1) is 9.70. The van der Waals surface area contributed by atoms with Crippen LogP contribution in [0, 0.1) is 13.8 Å². The van der Waals surface area contributed by atoms with Gasteiger partial charge in [0.2, 0.25) is 10.0 Å². The zero-order valence-corrected chi connectivity index (χ0v) is 13.4. The number of hydrogen-bond donors (Lipinski definition) is 1. The Morgan fingerprint density at radius 2 is 1.67 bits per heavy atom. The molecule has 0 saturated carbocycles. The van der Waals surface area contributed by atoms with Crippen molar-refractivity contribution in [3.05, 3.63) is 28.8 Å². The van der Waals surface area contributed by atoms with Crippen LogP contribution in [0.2, 0.25) is 0 Å². The van der Waals surface area contributed by atoms with Crippen molar-refractivity contribution in [3.8, 4) is 0 Å². The Kier molecular flexibility index (Phi) is 4.25. The highest BCUT2D eigenvalue weighted by Crippen LogP contribution is 2.20. The summed E-state index contributed by atoms with van der Waals surface area (Å²) in [7, 11) is -3.18. The van der Waals surface area contributed by atoms with E-state index in [0.29, 0.717) is 37.4 Å². The number of nitrogens with zero attached hydrogens (tertiary/aromatic N) is 2. The minimum atomic E-state index is -3.18. The SMILES string of the molecule is Cc1cc(C)c(C(=O)N2CCN(S(C)(=O)=O)CC2)cc1N. The molecule has 1 aromatic rings. The van der Waals surface area contributed by atoms with Crippen LogP contribution < -0.4 is 5.73 Å². The Morgan fingerprint density at radius 3 is 2.19 bits per heavy atom. The second-order valence-electron chi connectivity index (χ2n) is 5.48. The van der Waals surface area contributed by atoms with E-state index in [-0.39, 0.29) is 5.91 Å². The lowest BCUT2D eigenvalue weighted by atomic mass is 10.0. The number of carbonyl (C=O) groups is 1. The smallest absolute Gasteiger partial charge is 0.254 e. The van der Waals surface area contributed by atoms with Crippen LogP contribution in [0.4, 0.5) is 5.69 Å². The van der Waals surface area contributed by atoms with Crippen LogP contribution in [-0.4, -0.2) is 56.0 Å². The fourth-order valence-electron chi connectivity index (χ4n) is 2.49. The molecule has 0 spiro atoms. The molecule has 2 rings (SSSR count). The summed E-state index contributed by atoms with van der Waals surface area (Å²) in [5, 5.41) is 0. The number of anilines is 1. The number of piperazine rings is 1. The molecule has 1 aliphatic heterocycles. The highest BCUT2D eigenvalue weighted by molar-refractivity contribution is 7.88. The Hall–Kier alpha value is -1.60. The third-order valence-corrected chi connectivity index (χ3v) is 5.14. The molecular weight excluding hydrogens is 290 g/mol. The van der Waals surface area contributed by atoms with Gasteiger partial charge < -0.3 is 10.6 Å². The Balaban J connectivity index is 2.14. The summed E-state index contributed by atoms with van der Waals surface area (Å²) in [4.78, 5) is 14.2. The molecule has 0 bridgehead atoms. The van der Waals surface area contributed by atoms with Gasteiger partial charge in [0, 0.05) is 37.4 Å². The zero-order valence-electron chi connectivity index (χ0n) is 12.6. The van der Waals surface area contributed by atoms with Crippen LogP contribution in [0.15, 0.2) is 12.1 Å². The second kappa shape index (κ2) is 5.65. The van der Waals surface area contributed by atoms with E-state index >= 15 is 0 Å². The lowest BCUT2D eigenvalue weighted by Crippen LogP contribution is -2.50. The van der Waals surface area contributed by atoms with Crippen LogP contribution in [0.1, 0.15) is 21.5 Å². The molecule has 7 heteroatoms. The summed E-state index contributed by atoms with van der Waals surface area (Å²) in [6.45, 7) is 5.27. The molecule has 1 saturated heterocycles. The largest absolute Gasteiger partial charge is 0.398 e. The van der Waals surface area contributed by atoms with Gasteiger partial charge in [0.05, 0.1) is 6.26 Å². The molecule has 21 heavy (non-hydrogen) atoms. The summed E-state index contributed by atoms with van der Waals surface area (Å²) in [5.74, 6) is -0.0904. The average molecular weight is 311 g/mol. The number of sulfonamides is 1. The van der Waals surface area contributed by atoms with Crippen LogP contribution in [-0.2, 0) is 10.0 Å². The first-order valence-electron chi connectivity index (χ1n) is 6.81. The van der Waals surface area contributed by atoms with Gasteiger partial charge in [0.1, 0.15) is 0 Å². The summed E-state index contributed by atoms with van der Waals surface area (Å²) < 4.78 is 24.3. The highest BCUT2D eigenvalue weighted by atomic mass is 32.2. The van der Waals surface area contributed by atoms with E-state index in [0.717, 1.165) is 11.1 Å². The van der Waals surface area contributed by atoms with Crippen LogP contribution in [0.5, 0.6) is 0 Å². The summed E-state index contributed by atoms with van der Waals surface area (Å²) in [6.07, 6.45) is 1.19. The van der Waals surface area contributed by atoms with E-state index < -0.39 is 10.0 Å². The summed E-state index contributed by atoms with van der Waals surface area (Å²) in [5.41, 5.74) is 8.90. The molecule has 0 aromatic heterocycles. The molecule has 0 unspecified atom stereocenters. The maximum absolute atomic E-state index is 12.5. The van der Waals surface area contributed by atoms with Crippen molar-refractivity contribution in [3.63, 3.8) is 0 Å². The van der Waals surface area contributed by atoms with Crippen molar-refractivity contribution in [2.75, 3.05) is 38.2 Å². The number of amides is 1. The molecule has 1 amide bonds. The van der Waals surface area contributed by atoms with E-state index in [1.54, 1.807) is 11.0 Å². The molecule has 6 nitrogen and oxygen atoms in total. The van der Waals surface area contributed by atoms with Gasteiger partial charge in [-0.1, -0.05) is 6.07 Å². The molecular formula is C14H21N3O3S. The van der Waals surface area contributed by atoms with Gasteiger partial charge in [-0.15, -0.1) is 0 Å². The minimum absolute atomic E-state index is 0.0904. The Bertz CT molecular complexity index is 662. The first-order valence-corrected chi connectivity index (χ1v) is 8.66. The topological polar surface area (TPSA) is 83.7 Å². The van der Waals surface area contributed by atoms with E-state index in [1.165, 1.54) is 10.6 Å². The van der Waals surface area contributed by atoms with E-state index in [1.807, 2.05) is 19.9 Å². The predicted molar refractivity (Wildman–Crippen MR) is 82.6 cm³/mol. The predicted octanol–water partition coefficient (Wildman–Crippen LogP) is 0.603. The third kappa shape index (κ3) is 3.36. The third-order valence-electron chi connectivity index (χ3n) is 3.84. The van der Waals surface area contributed by atoms with E-state index in [9.17, 15) is 13.2 Å². The molecule has 0 aliphatic carbocycles. The fourth-order valence-corrected chi connectivity index (χ4v) is 3.32. The molecule has 1 fully saturated rings. The Morgan fingerprint density at radius 1 is 1.10 bits per heavy atom. The van der Waals surface area contributed by atoms with Gasteiger partial charge in [-0.05, 0) is 31.0 Å². The molecule has 116 valence electrons. The van der Waals surface area contributed by atoms with Crippen LogP contribution in [0.25, 0.3) is 0 Å². The lowest BCUT2D eigenvalue weighted by molar-refractivity contribution is 0.0697. The van der Waals surface area contributed by atoms with Gasteiger partial charge in [-0.25, -0.2) is 8.42 Å². The molecule has 2 N–H and O–H groups in total. The monoisotopic (exact) mass is 311 g/mol. The number of aryl methyl sites for hydroxylation is 2. The molecule has 0 atom stereocenters. The van der Waals surface area contributed by atoms with E-state index in [4.69, 9.17) is 5.73 Å². The Labute approximate surface area is 125 Å². The minimum Gasteiger partial charge on any atom is -0.398 e.